The van der Waals surface area contributed by atoms with Gasteiger partial charge in [0, 0.05) is 5.33 Å². The molecular formula is C15H21Br. The van der Waals surface area contributed by atoms with Gasteiger partial charge in [-0.15, -0.1) is 0 Å². The molecule has 0 saturated heterocycles. The van der Waals surface area contributed by atoms with E-state index in [0.717, 1.165) is 11.8 Å². The highest BCUT2D eigenvalue weighted by molar-refractivity contribution is 9.09. The maximum absolute atomic E-state index is 4.15. The van der Waals surface area contributed by atoms with Crippen LogP contribution in [-0.4, -0.2) is 5.33 Å². The Morgan fingerprint density at radius 1 is 0.938 bits per heavy atom. The summed E-state index contributed by atoms with van der Waals surface area (Å²) < 4.78 is 0. The second-order valence-corrected chi connectivity index (χ2v) is 4.97. The summed E-state index contributed by atoms with van der Waals surface area (Å²) in [4.78, 5) is 0. The normalized spacial score (nSPS) is 10.3. The Labute approximate surface area is 108 Å². The highest BCUT2D eigenvalue weighted by Crippen LogP contribution is 2.19. The third kappa shape index (κ3) is 5.50. The Balaban J connectivity index is 2.12. The Morgan fingerprint density at radius 3 is 2.25 bits per heavy atom. The number of alkyl halides is 1. The van der Waals surface area contributed by atoms with Crippen LogP contribution in [0, 0.1) is 0 Å². The van der Waals surface area contributed by atoms with Crippen molar-refractivity contribution >= 4 is 21.5 Å². The summed E-state index contributed by atoms with van der Waals surface area (Å²) in [7, 11) is 0. The lowest BCUT2D eigenvalue weighted by molar-refractivity contribution is 0.644. The van der Waals surface area contributed by atoms with Crippen LogP contribution in [0.15, 0.2) is 36.9 Å². The van der Waals surface area contributed by atoms with Crippen molar-refractivity contribution < 1.29 is 0 Å². The van der Waals surface area contributed by atoms with Gasteiger partial charge >= 0.3 is 0 Å². The van der Waals surface area contributed by atoms with Gasteiger partial charge in [-0.05, 0) is 30.4 Å². The van der Waals surface area contributed by atoms with Gasteiger partial charge in [-0.25, -0.2) is 0 Å². The fraction of sp³-hybridized carbons (Fsp3) is 0.467. The first-order chi connectivity index (χ1) is 7.84. The fourth-order valence-electron chi connectivity index (χ4n) is 1.78. The predicted octanol–water partition coefficient (Wildman–Crippen LogP) is 5.44. The van der Waals surface area contributed by atoms with E-state index in [4.69, 9.17) is 0 Å². The Hall–Kier alpha value is -0.560. The van der Waals surface area contributed by atoms with Crippen LogP contribution in [0.1, 0.15) is 44.1 Å². The zero-order valence-electron chi connectivity index (χ0n) is 9.92. The molecule has 0 aliphatic carbocycles. The first-order valence-corrected chi connectivity index (χ1v) is 7.26. The van der Waals surface area contributed by atoms with Gasteiger partial charge in [0.2, 0.25) is 0 Å². The lowest BCUT2D eigenvalue weighted by Gasteiger charge is -2.05. The molecule has 0 saturated carbocycles. The summed E-state index contributed by atoms with van der Waals surface area (Å²) in [5.41, 5.74) is 2.57. The number of hydrogen-bond donors (Lipinski definition) is 0. The average molecular weight is 281 g/mol. The lowest BCUT2D eigenvalue weighted by atomic mass is 10.0. The van der Waals surface area contributed by atoms with Crippen LogP contribution in [0.2, 0.25) is 0 Å². The summed E-state index contributed by atoms with van der Waals surface area (Å²) in [6.07, 6.45) is 7.75. The summed E-state index contributed by atoms with van der Waals surface area (Å²) >= 11 is 3.46. The van der Waals surface area contributed by atoms with Crippen molar-refractivity contribution in [1.82, 2.24) is 0 Å². The average Bonchev–Trinajstić information content (AvgIpc) is 2.34. The number of halogens is 1. The molecule has 1 aromatic rings. The van der Waals surface area contributed by atoms with E-state index >= 15 is 0 Å². The second kappa shape index (κ2) is 8.58. The SMILES string of the molecule is C=C(CCCCCCCBr)c1ccccc1. The largest absolute Gasteiger partial charge is 0.0952 e. The van der Waals surface area contributed by atoms with Crippen LogP contribution in [-0.2, 0) is 0 Å². The van der Waals surface area contributed by atoms with Crippen molar-refractivity contribution in [2.24, 2.45) is 0 Å². The molecule has 0 aromatic heterocycles. The number of unbranched alkanes of at least 4 members (excludes halogenated alkanes) is 4. The van der Waals surface area contributed by atoms with Gasteiger partial charge in [0.1, 0.15) is 0 Å². The van der Waals surface area contributed by atoms with Crippen molar-refractivity contribution in [3.05, 3.63) is 42.5 Å². The van der Waals surface area contributed by atoms with Gasteiger partial charge < -0.3 is 0 Å². The zero-order valence-corrected chi connectivity index (χ0v) is 11.5. The van der Waals surface area contributed by atoms with E-state index in [9.17, 15) is 0 Å². The van der Waals surface area contributed by atoms with Crippen molar-refractivity contribution in [3.63, 3.8) is 0 Å². The molecule has 0 heterocycles. The quantitative estimate of drug-likeness (QED) is 0.440. The number of hydrogen-bond acceptors (Lipinski definition) is 0. The predicted molar refractivity (Wildman–Crippen MR) is 77.0 cm³/mol. The van der Waals surface area contributed by atoms with Crippen LogP contribution in [0.5, 0.6) is 0 Å². The van der Waals surface area contributed by atoms with Gasteiger partial charge in [0.05, 0.1) is 0 Å². The molecule has 0 atom stereocenters. The first-order valence-electron chi connectivity index (χ1n) is 6.14. The van der Waals surface area contributed by atoms with E-state index in [1.165, 1.54) is 43.2 Å². The smallest absolute Gasteiger partial charge is 0.00313 e. The number of rotatable bonds is 8. The van der Waals surface area contributed by atoms with E-state index in [-0.39, 0.29) is 0 Å². The highest BCUT2D eigenvalue weighted by atomic mass is 79.9. The molecule has 0 fully saturated rings. The van der Waals surface area contributed by atoms with E-state index in [1.807, 2.05) is 0 Å². The number of allylic oxidation sites excluding steroid dienone is 1. The topological polar surface area (TPSA) is 0 Å². The molecule has 0 N–H and O–H groups in total. The molecule has 0 amide bonds. The summed E-state index contributed by atoms with van der Waals surface area (Å²) in [5, 5.41) is 1.14. The van der Waals surface area contributed by atoms with E-state index in [0.29, 0.717) is 0 Å². The standard InChI is InChI=1S/C15H21Br/c1-14(15-11-7-5-8-12-15)10-6-3-2-4-9-13-16/h5,7-8,11-12H,1-4,6,9-10,13H2. The molecule has 0 aliphatic rings. The Kier molecular flexibility index (Phi) is 7.24. The molecule has 1 heteroatoms. The van der Waals surface area contributed by atoms with Gasteiger partial charge in [-0.3, -0.25) is 0 Å². The van der Waals surface area contributed by atoms with Crippen molar-refractivity contribution in [2.45, 2.75) is 38.5 Å². The molecule has 1 rings (SSSR count). The third-order valence-electron chi connectivity index (χ3n) is 2.79. The van der Waals surface area contributed by atoms with E-state index in [2.05, 4.69) is 52.8 Å². The molecule has 16 heavy (non-hydrogen) atoms. The van der Waals surface area contributed by atoms with Crippen LogP contribution in [0.25, 0.3) is 5.57 Å². The molecule has 1 aromatic carbocycles. The number of benzene rings is 1. The monoisotopic (exact) mass is 280 g/mol. The minimum atomic E-state index is 1.14. The van der Waals surface area contributed by atoms with Crippen LogP contribution in [0.3, 0.4) is 0 Å². The van der Waals surface area contributed by atoms with E-state index < -0.39 is 0 Å². The van der Waals surface area contributed by atoms with E-state index in [1.54, 1.807) is 0 Å². The first kappa shape index (κ1) is 13.5. The van der Waals surface area contributed by atoms with Crippen LogP contribution >= 0.6 is 15.9 Å². The Morgan fingerprint density at radius 2 is 1.56 bits per heavy atom. The molecule has 0 aliphatic heterocycles. The van der Waals surface area contributed by atoms with Gasteiger partial charge in [-0.2, -0.15) is 0 Å². The summed E-state index contributed by atoms with van der Waals surface area (Å²) in [6.45, 7) is 4.15. The molecule has 0 unspecified atom stereocenters. The maximum atomic E-state index is 4.15. The third-order valence-corrected chi connectivity index (χ3v) is 3.35. The van der Waals surface area contributed by atoms with Crippen molar-refractivity contribution in [1.29, 1.82) is 0 Å². The maximum Gasteiger partial charge on any atom is 0.00313 e. The Bertz CT molecular complexity index is 290. The zero-order chi connectivity index (χ0) is 11.6. The molecule has 0 spiro atoms. The second-order valence-electron chi connectivity index (χ2n) is 4.18. The van der Waals surface area contributed by atoms with Crippen molar-refractivity contribution in [2.75, 3.05) is 5.33 Å². The van der Waals surface area contributed by atoms with Crippen LogP contribution < -0.4 is 0 Å². The minimum absolute atomic E-state index is 1.14. The summed E-state index contributed by atoms with van der Waals surface area (Å²) in [6, 6.07) is 10.5. The molecule has 0 bridgehead atoms. The van der Waals surface area contributed by atoms with Gasteiger partial charge in [0.15, 0.2) is 0 Å². The highest BCUT2D eigenvalue weighted by Gasteiger charge is 1.97. The molecule has 0 nitrogen and oxygen atoms in total. The molecular weight excluding hydrogens is 260 g/mol. The van der Waals surface area contributed by atoms with Gasteiger partial charge in [0.25, 0.3) is 0 Å². The fourth-order valence-corrected chi connectivity index (χ4v) is 2.18. The van der Waals surface area contributed by atoms with Crippen molar-refractivity contribution in [3.8, 4) is 0 Å². The minimum Gasteiger partial charge on any atom is -0.0952 e. The van der Waals surface area contributed by atoms with Gasteiger partial charge in [-0.1, -0.05) is 72.1 Å². The molecule has 0 radical (unpaired) electrons. The molecule has 88 valence electrons. The van der Waals surface area contributed by atoms with Crippen LogP contribution in [0.4, 0.5) is 0 Å². The lowest BCUT2D eigenvalue weighted by Crippen LogP contribution is -1.84. The summed E-state index contributed by atoms with van der Waals surface area (Å²) in [5.74, 6) is 0.